The molecule has 0 spiro atoms. The Hall–Kier alpha value is -1.04. The molecular formula is C11H16F2N2O. The number of nitrogens with two attached hydrogens (primary N) is 1. The Labute approximate surface area is 93.6 Å². The molecule has 0 aliphatic rings. The highest BCUT2D eigenvalue weighted by molar-refractivity contribution is 5.28. The zero-order valence-electron chi connectivity index (χ0n) is 9.55. The second-order valence-electron chi connectivity index (χ2n) is 3.68. The third kappa shape index (κ3) is 2.37. The number of nitrogens with one attached hydrogen (secondary N) is 1. The maximum absolute atomic E-state index is 13.7. The Morgan fingerprint density at radius 2 is 1.94 bits per heavy atom. The SMILES string of the molecule is COC(C)C(NN)c1ccc(C)c(F)c1F. The minimum atomic E-state index is -0.883. The fraction of sp³-hybridized carbons (Fsp3) is 0.455. The van der Waals surface area contributed by atoms with Crippen LogP contribution in [0.1, 0.15) is 24.1 Å². The van der Waals surface area contributed by atoms with Gasteiger partial charge in [0.25, 0.3) is 0 Å². The third-order valence-corrected chi connectivity index (χ3v) is 2.66. The summed E-state index contributed by atoms with van der Waals surface area (Å²) in [6.45, 7) is 3.23. The van der Waals surface area contributed by atoms with Crippen LogP contribution in [0.2, 0.25) is 0 Å². The van der Waals surface area contributed by atoms with Gasteiger partial charge in [-0.2, -0.15) is 0 Å². The number of aryl methyl sites for hydroxylation is 1. The predicted molar refractivity (Wildman–Crippen MR) is 57.6 cm³/mol. The van der Waals surface area contributed by atoms with E-state index in [9.17, 15) is 8.78 Å². The Bertz CT molecular complexity index is 371. The number of hydrogen-bond acceptors (Lipinski definition) is 3. The molecule has 0 amide bonds. The van der Waals surface area contributed by atoms with Crippen LogP contribution in [0.25, 0.3) is 0 Å². The highest BCUT2D eigenvalue weighted by atomic mass is 19.2. The van der Waals surface area contributed by atoms with Gasteiger partial charge in [-0.25, -0.2) is 8.78 Å². The number of halogens is 2. The molecule has 1 aromatic carbocycles. The van der Waals surface area contributed by atoms with E-state index in [4.69, 9.17) is 10.6 Å². The van der Waals surface area contributed by atoms with Gasteiger partial charge >= 0.3 is 0 Å². The van der Waals surface area contributed by atoms with Gasteiger partial charge in [-0.1, -0.05) is 12.1 Å². The summed E-state index contributed by atoms with van der Waals surface area (Å²) in [6.07, 6.45) is -0.360. The lowest BCUT2D eigenvalue weighted by molar-refractivity contribution is 0.0816. The minimum absolute atomic E-state index is 0.167. The van der Waals surface area contributed by atoms with Crippen LogP contribution in [-0.2, 0) is 4.74 Å². The number of ether oxygens (including phenoxy) is 1. The van der Waals surface area contributed by atoms with E-state index in [0.29, 0.717) is 0 Å². The van der Waals surface area contributed by atoms with Crippen LogP contribution < -0.4 is 11.3 Å². The van der Waals surface area contributed by atoms with Gasteiger partial charge in [-0.3, -0.25) is 11.3 Å². The van der Waals surface area contributed by atoms with E-state index in [0.717, 1.165) is 0 Å². The van der Waals surface area contributed by atoms with Crippen molar-refractivity contribution in [2.45, 2.75) is 26.0 Å². The minimum Gasteiger partial charge on any atom is -0.380 e. The van der Waals surface area contributed by atoms with Crippen LogP contribution in [0.5, 0.6) is 0 Å². The van der Waals surface area contributed by atoms with Crippen molar-refractivity contribution >= 4 is 0 Å². The molecule has 0 saturated carbocycles. The zero-order chi connectivity index (χ0) is 12.3. The van der Waals surface area contributed by atoms with E-state index in [1.54, 1.807) is 6.92 Å². The van der Waals surface area contributed by atoms with Gasteiger partial charge in [0.15, 0.2) is 11.6 Å². The van der Waals surface area contributed by atoms with Gasteiger partial charge in [0.05, 0.1) is 12.1 Å². The van der Waals surface area contributed by atoms with Crippen LogP contribution in [-0.4, -0.2) is 13.2 Å². The summed E-state index contributed by atoms with van der Waals surface area (Å²) >= 11 is 0. The molecule has 3 N–H and O–H groups in total. The summed E-state index contributed by atoms with van der Waals surface area (Å²) in [7, 11) is 1.48. The number of rotatable bonds is 4. The highest BCUT2D eigenvalue weighted by Gasteiger charge is 2.23. The summed E-state index contributed by atoms with van der Waals surface area (Å²) in [4.78, 5) is 0. The molecule has 2 atom stereocenters. The van der Waals surface area contributed by atoms with E-state index in [1.807, 2.05) is 0 Å². The molecule has 3 nitrogen and oxygen atoms in total. The second kappa shape index (κ2) is 5.34. The van der Waals surface area contributed by atoms with Crippen molar-refractivity contribution in [1.29, 1.82) is 0 Å². The van der Waals surface area contributed by atoms with E-state index in [1.165, 1.54) is 26.2 Å². The standard InChI is InChI=1S/C11H16F2N2O/c1-6-4-5-8(10(13)9(6)12)11(15-14)7(2)16-3/h4-5,7,11,15H,14H2,1-3H3. The molecule has 0 radical (unpaired) electrons. The maximum atomic E-state index is 13.7. The van der Waals surface area contributed by atoms with E-state index in [-0.39, 0.29) is 17.2 Å². The van der Waals surface area contributed by atoms with E-state index < -0.39 is 17.7 Å². The number of methoxy groups -OCH3 is 1. The number of hydrazine groups is 1. The largest absolute Gasteiger partial charge is 0.380 e. The van der Waals surface area contributed by atoms with Crippen LogP contribution >= 0.6 is 0 Å². The van der Waals surface area contributed by atoms with Gasteiger partial charge < -0.3 is 4.74 Å². The molecule has 0 aliphatic carbocycles. The molecule has 90 valence electrons. The first kappa shape index (κ1) is 13.0. The van der Waals surface area contributed by atoms with Crippen molar-refractivity contribution in [1.82, 2.24) is 5.43 Å². The van der Waals surface area contributed by atoms with Crippen LogP contribution in [0.4, 0.5) is 8.78 Å². The summed E-state index contributed by atoms with van der Waals surface area (Å²) in [5.41, 5.74) is 2.86. The lowest BCUT2D eigenvalue weighted by atomic mass is 10.0. The van der Waals surface area contributed by atoms with Gasteiger partial charge in [0, 0.05) is 12.7 Å². The lowest BCUT2D eigenvalue weighted by Crippen LogP contribution is -2.36. The predicted octanol–water partition coefficient (Wildman–Crippen LogP) is 1.81. The molecule has 0 heterocycles. The maximum Gasteiger partial charge on any atom is 0.164 e. The summed E-state index contributed by atoms with van der Waals surface area (Å²) in [5, 5.41) is 0. The molecule has 0 aliphatic heterocycles. The average Bonchev–Trinajstić information content (AvgIpc) is 2.29. The van der Waals surface area contributed by atoms with Crippen LogP contribution in [0, 0.1) is 18.6 Å². The first-order valence-corrected chi connectivity index (χ1v) is 4.96. The van der Waals surface area contributed by atoms with Crippen molar-refractivity contribution in [2.24, 2.45) is 5.84 Å². The Morgan fingerprint density at radius 3 is 2.44 bits per heavy atom. The molecular weight excluding hydrogens is 214 g/mol. The average molecular weight is 230 g/mol. The van der Waals surface area contributed by atoms with Crippen molar-refractivity contribution in [3.8, 4) is 0 Å². The molecule has 0 bridgehead atoms. The number of hydrogen-bond donors (Lipinski definition) is 2. The van der Waals surface area contributed by atoms with Gasteiger partial charge in [-0.15, -0.1) is 0 Å². The molecule has 0 saturated heterocycles. The van der Waals surface area contributed by atoms with E-state index in [2.05, 4.69) is 5.43 Å². The fourth-order valence-electron chi connectivity index (χ4n) is 1.52. The summed E-state index contributed by atoms with van der Waals surface area (Å²) in [5.74, 6) is 3.59. The second-order valence-corrected chi connectivity index (χ2v) is 3.68. The van der Waals surface area contributed by atoms with Crippen LogP contribution in [0.3, 0.4) is 0 Å². The first-order valence-electron chi connectivity index (χ1n) is 4.96. The smallest absolute Gasteiger partial charge is 0.164 e. The number of benzene rings is 1. The van der Waals surface area contributed by atoms with Crippen molar-refractivity contribution < 1.29 is 13.5 Å². The quantitative estimate of drug-likeness (QED) is 0.612. The molecule has 1 aromatic rings. The van der Waals surface area contributed by atoms with Crippen molar-refractivity contribution in [3.63, 3.8) is 0 Å². The van der Waals surface area contributed by atoms with Crippen molar-refractivity contribution in [3.05, 3.63) is 34.9 Å². The monoisotopic (exact) mass is 230 g/mol. The molecule has 0 aromatic heterocycles. The normalized spacial score (nSPS) is 14.9. The van der Waals surface area contributed by atoms with Gasteiger partial charge in [0.1, 0.15) is 0 Å². The van der Waals surface area contributed by atoms with Crippen LogP contribution in [0.15, 0.2) is 12.1 Å². The molecule has 16 heavy (non-hydrogen) atoms. The Kier molecular flexibility index (Phi) is 4.35. The fourth-order valence-corrected chi connectivity index (χ4v) is 1.52. The van der Waals surface area contributed by atoms with Gasteiger partial charge in [-0.05, 0) is 19.4 Å². The zero-order valence-corrected chi connectivity index (χ0v) is 9.55. The lowest BCUT2D eigenvalue weighted by Gasteiger charge is -2.23. The third-order valence-electron chi connectivity index (χ3n) is 2.66. The van der Waals surface area contributed by atoms with Crippen molar-refractivity contribution in [2.75, 3.05) is 7.11 Å². The van der Waals surface area contributed by atoms with Gasteiger partial charge in [0.2, 0.25) is 0 Å². The molecule has 2 unspecified atom stereocenters. The molecule has 0 fully saturated rings. The Balaban J connectivity index is 3.16. The molecule has 1 rings (SSSR count). The topological polar surface area (TPSA) is 47.3 Å². The van der Waals surface area contributed by atoms with E-state index >= 15 is 0 Å². The summed E-state index contributed by atoms with van der Waals surface area (Å²) < 4.78 is 32.1. The first-order chi connectivity index (χ1) is 7.52. The Morgan fingerprint density at radius 1 is 1.31 bits per heavy atom. The summed E-state index contributed by atoms with van der Waals surface area (Å²) in [6, 6.07) is 2.44. The molecule has 5 heteroatoms. The highest BCUT2D eigenvalue weighted by Crippen LogP contribution is 2.24.